The van der Waals surface area contributed by atoms with E-state index in [1.165, 1.54) is 17.0 Å². The van der Waals surface area contributed by atoms with Gasteiger partial charge in [-0.2, -0.15) is 0 Å². The van der Waals surface area contributed by atoms with Crippen LogP contribution in [0.1, 0.15) is 37.0 Å². The van der Waals surface area contributed by atoms with Crippen molar-refractivity contribution in [1.82, 2.24) is 23.6 Å². The summed E-state index contributed by atoms with van der Waals surface area (Å²) in [6.45, 7) is 8.74. The summed E-state index contributed by atoms with van der Waals surface area (Å²) in [5.74, 6) is -0.291. The van der Waals surface area contributed by atoms with Crippen molar-refractivity contribution in [3.8, 4) is 5.69 Å². The van der Waals surface area contributed by atoms with Gasteiger partial charge in [0.1, 0.15) is 11.6 Å². The van der Waals surface area contributed by atoms with E-state index >= 15 is 4.39 Å². The van der Waals surface area contributed by atoms with Gasteiger partial charge in [0.15, 0.2) is 0 Å². The van der Waals surface area contributed by atoms with Gasteiger partial charge in [0.05, 0.1) is 52.2 Å². The van der Waals surface area contributed by atoms with E-state index in [0.717, 1.165) is 28.2 Å². The minimum absolute atomic E-state index is 0.0162. The second-order valence-electron chi connectivity index (χ2n) is 10.9. The normalized spacial score (nSPS) is 14.6. The summed E-state index contributed by atoms with van der Waals surface area (Å²) in [6.07, 6.45) is 0. The molecular weight excluding hydrogens is 475 g/mol. The van der Waals surface area contributed by atoms with Crippen LogP contribution in [-0.2, 0) is 24.2 Å². The van der Waals surface area contributed by atoms with Crippen molar-refractivity contribution >= 4 is 33.7 Å². The molecule has 10 heteroatoms. The first-order valence-corrected chi connectivity index (χ1v) is 12.4. The van der Waals surface area contributed by atoms with Crippen LogP contribution in [0.25, 0.3) is 27.8 Å². The molecule has 2 aromatic carbocycles. The SMILES string of the molecule is CN(C)C(=O)c1cc2nc(C(C)(C)C)n(-c3cc(N4CCOCC4)c4c(c3)n(C)c(=O)n4C)c2cc1F. The zero-order chi connectivity index (χ0) is 26.8. The average Bonchev–Trinajstić information content (AvgIpc) is 3.34. The van der Waals surface area contributed by atoms with E-state index in [0.29, 0.717) is 37.3 Å². The first kappa shape index (κ1) is 25.0. The summed E-state index contributed by atoms with van der Waals surface area (Å²) in [7, 11) is 6.72. The van der Waals surface area contributed by atoms with E-state index in [1.54, 1.807) is 37.3 Å². The molecule has 0 atom stereocenters. The molecule has 1 amide bonds. The fourth-order valence-electron chi connectivity index (χ4n) is 5.05. The van der Waals surface area contributed by atoms with Crippen LogP contribution >= 0.6 is 0 Å². The number of hydrogen-bond donors (Lipinski definition) is 0. The van der Waals surface area contributed by atoms with Crippen LogP contribution in [0.3, 0.4) is 0 Å². The third-order valence-electron chi connectivity index (χ3n) is 6.99. The second kappa shape index (κ2) is 8.72. The van der Waals surface area contributed by atoms with Crippen LogP contribution < -0.4 is 10.6 Å². The number of morpholine rings is 1. The largest absolute Gasteiger partial charge is 0.378 e. The van der Waals surface area contributed by atoms with Crippen molar-refractivity contribution in [3.05, 3.63) is 52.0 Å². The van der Waals surface area contributed by atoms with Gasteiger partial charge in [-0.1, -0.05) is 20.8 Å². The molecule has 37 heavy (non-hydrogen) atoms. The number of anilines is 1. The van der Waals surface area contributed by atoms with Gasteiger partial charge in [-0.3, -0.25) is 18.5 Å². The predicted molar refractivity (Wildman–Crippen MR) is 142 cm³/mol. The van der Waals surface area contributed by atoms with Crippen molar-refractivity contribution in [2.45, 2.75) is 26.2 Å². The molecular formula is C27H33FN6O3. The summed E-state index contributed by atoms with van der Waals surface area (Å²) in [6, 6.07) is 6.91. The Hall–Kier alpha value is -3.66. The van der Waals surface area contributed by atoms with Gasteiger partial charge < -0.3 is 14.5 Å². The molecule has 4 aromatic rings. The van der Waals surface area contributed by atoms with Gasteiger partial charge in [-0.25, -0.2) is 14.2 Å². The van der Waals surface area contributed by atoms with Crippen LogP contribution in [0.5, 0.6) is 0 Å². The van der Waals surface area contributed by atoms with Crippen molar-refractivity contribution in [2.75, 3.05) is 45.3 Å². The van der Waals surface area contributed by atoms with Crippen LogP contribution in [-0.4, -0.2) is 69.9 Å². The predicted octanol–water partition coefficient (Wildman–Crippen LogP) is 3.19. The number of fused-ring (bicyclic) bond motifs is 2. The molecule has 0 unspecified atom stereocenters. The van der Waals surface area contributed by atoms with E-state index in [-0.39, 0.29) is 11.3 Å². The molecule has 0 N–H and O–H groups in total. The highest BCUT2D eigenvalue weighted by molar-refractivity contribution is 5.98. The number of imidazole rings is 2. The van der Waals surface area contributed by atoms with Gasteiger partial charge in [-0.05, 0) is 18.2 Å². The highest BCUT2D eigenvalue weighted by atomic mass is 19.1. The van der Waals surface area contributed by atoms with Crippen LogP contribution in [0.15, 0.2) is 29.1 Å². The molecule has 5 rings (SSSR count). The molecule has 196 valence electrons. The van der Waals surface area contributed by atoms with E-state index < -0.39 is 17.1 Å². The Morgan fingerprint density at radius 3 is 2.32 bits per heavy atom. The summed E-state index contributed by atoms with van der Waals surface area (Å²) < 4.78 is 26.1. The molecule has 2 aromatic heterocycles. The minimum atomic E-state index is -0.602. The van der Waals surface area contributed by atoms with Crippen molar-refractivity contribution < 1.29 is 13.9 Å². The molecule has 9 nitrogen and oxygen atoms in total. The van der Waals surface area contributed by atoms with Crippen molar-refractivity contribution in [2.24, 2.45) is 14.1 Å². The lowest BCUT2D eigenvalue weighted by atomic mass is 9.95. The van der Waals surface area contributed by atoms with E-state index in [4.69, 9.17) is 9.72 Å². The number of aromatic nitrogens is 4. The van der Waals surface area contributed by atoms with Gasteiger partial charge in [0, 0.05) is 52.8 Å². The van der Waals surface area contributed by atoms with Crippen LogP contribution in [0, 0.1) is 5.82 Å². The summed E-state index contributed by atoms with van der Waals surface area (Å²) in [4.78, 5) is 34.0. The molecule has 1 aliphatic heterocycles. The fraction of sp³-hybridized carbons (Fsp3) is 0.444. The van der Waals surface area contributed by atoms with Crippen LogP contribution in [0.2, 0.25) is 0 Å². The molecule has 3 heterocycles. The number of ether oxygens (including phenoxy) is 1. The van der Waals surface area contributed by atoms with Crippen molar-refractivity contribution in [3.63, 3.8) is 0 Å². The molecule has 0 aliphatic carbocycles. The number of nitrogens with zero attached hydrogens (tertiary/aromatic N) is 6. The first-order valence-electron chi connectivity index (χ1n) is 12.4. The Bertz CT molecular complexity index is 1600. The quantitative estimate of drug-likeness (QED) is 0.425. The zero-order valence-corrected chi connectivity index (χ0v) is 22.4. The van der Waals surface area contributed by atoms with Gasteiger partial charge in [0.25, 0.3) is 5.91 Å². The van der Waals surface area contributed by atoms with E-state index in [9.17, 15) is 9.59 Å². The highest BCUT2D eigenvalue weighted by Crippen LogP contribution is 2.35. The second-order valence-corrected chi connectivity index (χ2v) is 10.9. The van der Waals surface area contributed by atoms with E-state index in [1.807, 2.05) is 37.5 Å². The highest BCUT2D eigenvalue weighted by Gasteiger charge is 2.28. The fourth-order valence-corrected chi connectivity index (χ4v) is 5.05. The molecule has 0 saturated carbocycles. The molecule has 0 spiro atoms. The van der Waals surface area contributed by atoms with Gasteiger partial charge >= 0.3 is 5.69 Å². The number of amides is 1. The van der Waals surface area contributed by atoms with Gasteiger partial charge in [0.2, 0.25) is 0 Å². The summed E-state index contributed by atoms with van der Waals surface area (Å²) in [5.41, 5.74) is 3.86. The lowest BCUT2D eigenvalue weighted by Crippen LogP contribution is -2.36. The zero-order valence-electron chi connectivity index (χ0n) is 22.4. The lowest BCUT2D eigenvalue weighted by Gasteiger charge is -2.30. The standard InChI is InChI=1S/C27H33FN6O3/c1-27(2,3)25-29-19-14-17(24(35)30(4)5)18(28)15-20(19)34(25)16-12-21-23(32(7)26(36)31(21)6)22(13-16)33-8-10-37-11-9-33/h12-15H,8-11H2,1-7H3. The number of hydrogen-bond acceptors (Lipinski definition) is 5. The number of benzene rings is 2. The third-order valence-corrected chi connectivity index (χ3v) is 6.99. The number of aryl methyl sites for hydroxylation is 2. The number of carbonyl (C=O) groups is 1. The molecule has 1 aliphatic rings. The Balaban J connectivity index is 1.85. The van der Waals surface area contributed by atoms with Crippen molar-refractivity contribution in [1.29, 1.82) is 0 Å². The summed E-state index contributed by atoms with van der Waals surface area (Å²) in [5, 5.41) is 0. The Kier molecular flexibility index (Phi) is 5.90. The monoisotopic (exact) mass is 508 g/mol. The molecule has 1 fully saturated rings. The lowest BCUT2D eigenvalue weighted by molar-refractivity contribution is 0.0823. The molecule has 0 radical (unpaired) electrons. The maximum absolute atomic E-state index is 15.3. The minimum Gasteiger partial charge on any atom is -0.378 e. The maximum atomic E-state index is 15.3. The Morgan fingerprint density at radius 2 is 1.70 bits per heavy atom. The first-order chi connectivity index (χ1) is 17.4. The summed E-state index contributed by atoms with van der Waals surface area (Å²) >= 11 is 0. The molecule has 1 saturated heterocycles. The maximum Gasteiger partial charge on any atom is 0.328 e. The number of halogens is 1. The van der Waals surface area contributed by atoms with Crippen LogP contribution in [0.4, 0.5) is 10.1 Å². The average molecular weight is 509 g/mol. The third kappa shape index (κ3) is 3.99. The Morgan fingerprint density at radius 1 is 1.03 bits per heavy atom. The topological polar surface area (TPSA) is 77.5 Å². The number of carbonyl (C=O) groups excluding carboxylic acids is 1. The molecule has 0 bridgehead atoms. The smallest absolute Gasteiger partial charge is 0.328 e. The Labute approximate surface area is 214 Å². The van der Waals surface area contributed by atoms with E-state index in [2.05, 4.69) is 4.90 Å². The number of rotatable bonds is 3. The van der Waals surface area contributed by atoms with Gasteiger partial charge in [-0.15, -0.1) is 0 Å².